The molecule has 2 aliphatic heterocycles. The number of carbonyl (C=O) groups is 1. The Balaban J connectivity index is 1.30. The zero-order valence-corrected chi connectivity index (χ0v) is 17.7. The number of aromatic nitrogens is 2. The van der Waals surface area contributed by atoms with Gasteiger partial charge in [-0.3, -0.25) is 10.2 Å². The summed E-state index contributed by atoms with van der Waals surface area (Å²) >= 11 is 0. The van der Waals surface area contributed by atoms with E-state index in [-0.39, 0.29) is 18.0 Å². The Morgan fingerprint density at radius 1 is 1.17 bits per heavy atom. The predicted molar refractivity (Wildman–Crippen MR) is 118 cm³/mol. The highest BCUT2D eigenvalue weighted by atomic mass is 16.1. The summed E-state index contributed by atoms with van der Waals surface area (Å²) in [5.41, 5.74) is 8.51. The van der Waals surface area contributed by atoms with Crippen molar-refractivity contribution in [2.75, 3.05) is 23.3 Å². The van der Waals surface area contributed by atoms with Gasteiger partial charge in [0.1, 0.15) is 5.82 Å². The number of aryl methyl sites for hydroxylation is 1. The van der Waals surface area contributed by atoms with E-state index in [1.165, 1.54) is 0 Å². The molecule has 0 saturated carbocycles. The first-order valence-corrected chi connectivity index (χ1v) is 10.8. The Morgan fingerprint density at radius 3 is 2.63 bits per heavy atom. The second-order valence-corrected chi connectivity index (χ2v) is 8.28. The Labute approximate surface area is 177 Å². The van der Waals surface area contributed by atoms with Gasteiger partial charge in [0.25, 0.3) is 0 Å². The molecule has 2 aliphatic rings. The van der Waals surface area contributed by atoms with Gasteiger partial charge in [-0.05, 0) is 38.7 Å². The lowest BCUT2D eigenvalue weighted by molar-refractivity contribution is -0.125. The van der Waals surface area contributed by atoms with Crippen LogP contribution in [0.2, 0.25) is 0 Å². The second kappa shape index (κ2) is 9.40. The van der Waals surface area contributed by atoms with Crippen LogP contribution in [0.25, 0.3) is 0 Å². The van der Waals surface area contributed by atoms with Crippen molar-refractivity contribution in [3.63, 3.8) is 0 Å². The van der Waals surface area contributed by atoms with Crippen LogP contribution in [0.4, 0.5) is 11.8 Å². The molecule has 8 nitrogen and oxygen atoms in total. The standard InChI is InChI=1S/C22H31N7O/c1-15-12-19(25-20-13-16(2)27-28-20)26-22(24-15)29-10-8-18(9-11-29)21(30)23-14-17-6-4-3-5-7-17/h3-7,12,16,18,20,27-28H,8-11,13-14H2,1-2H3,(H,23,30)(H,24,25,26). The van der Waals surface area contributed by atoms with Gasteiger partial charge in [-0.25, -0.2) is 10.4 Å². The molecule has 0 spiro atoms. The van der Waals surface area contributed by atoms with E-state index in [0.717, 1.165) is 55.4 Å². The SMILES string of the molecule is Cc1cc(NC2CC(C)NN2)nc(N2CCC(C(=O)NCc3ccccc3)CC2)n1. The van der Waals surface area contributed by atoms with Gasteiger partial charge in [0.05, 0.1) is 6.17 Å². The first kappa shape index (κ1) is 20.6. The molecule has 3 heterocycles. The largest absolute Gasteiger partial charge is 0.353 e. The van der Waals surface area contributed by atoms with Gasteiger partial charge in [-0.1, -0.05) is 30.3 Å². The zero-order chi connectivity index (χ0) is 20.9. The number of rotatable bonds is 6. The van der Waals surface area contributed by atoms with E-state index in [0.29, 0.717) is 12.6 Å². The summed E-state index contributed by atoms with van der Waals surface area (Å²) in [7, 11) is 0. The van der Waals surface area contributed by atoms with Crippen molar-refractivity contribution in [1.29, 1.82) is 0 Å². The predicted octanol–water partition coefficient (Wildman–Crippen LogP) is 1.94. The van der Waals surface area contributed by atoms with Crippen molar-refractivity contribution in [2.24, 2.45) is 5.92 Å². The normalized spacial score (nSPS) is 22.1. The number of nitrogens with zero attached hydrogens (tertiary/aromatic N) is 3. The number of amides is 1. The number of nitrogens with one attached hydrogen (secondary N) is 4. The summed E-state index contributed by atoms with van der Waals surface area (Å²) in [5, 5.41) is 6.51. The van der Waals surface area contributed by atoms with Crippen molar-refractivity contribution in [3.8, 4) is 0 Å². The van der Waals surface area contributed by atoms with Gasteiger partial charge >= 0.3 is 0 Å². The highest BCUT2D eigenvalue weighted by molar-refractivity contribution is 5.78. The molecule has 160 valence electrons. The maximum atomic E-state index is 12.6. The van der Waals surface area contributed by atoms with Crippen LogP contribution >= 0.6 is 0 Å². The molecular formula is C22H31N7O. The fraction of sp³-hybridized carbons (Fsp3) is 0.500. The molecule has 0 radical (unpaired) electrons. The summed E-state index contributed by atoms with van der Waals surface area (Å²) < 4.78 is 0. The topological polar surface area (TPSA) is 94.2 Å². The molecule has 2 fully saturated rings. The smallest absolute Gasteiger partial charge is 0.227 e. The van der Waals surface area contributed by atoms with Crippen molar-refractivity contribution in [1.82, 2.24) is 26.1 Å². The molecule has 30 heavy (non-hydrogen) atoms. The van der Waals surface area contributed by atoms with Crippen LogP contribution in [0.15, 0.2) is 36.4 Å². The van der Waals surface area contributed by atoms with Gasteiger partial charge in [-0.2, -0.15) is 4.98 Å². The van der Waals surface area contributed by atoms with Crippen molar-refractivity contribution in [3.05, 3.63) is 47.7 Å². The third-order valence-electron chi connectivity index (χ3n) is 5.72. The van der Waals surface area contributed by atoms with Crippen LogP contribution in [0.3, 0.4) is 0 Å². The average molecular weight is 410 g/mol. The maximum Gasteiger partial charge on any atom is 0.227 e. The minimum absolute atomic E-state index is 0.0441. The van der Waals surface area contributed by atoms with E-state index < -0.39 is 0 Å². The Hall–Kier alpha value is -2.71. The molecule has 1 aromatic heterocycles. The lowest BCUT2D eigenvalue weighted by Gasteiger charge is -2.31. The van der Waals surface area contributed by atoms with Gasteiger partial charge in [0, 0.05) is 43.4 Å². The molecule has 2 unspecified atom stereocenters. The quantitative estimate of drug-likeness (QED) is 0.579. The fourth-order valence-corrected chi connectivity index (χ4v) is 4.03. The van der Waals surface area contributed by atoms with E-state index >= 15 is 0 Å². The monoisotopic (exact) mass is 409 g/mol. The molecule has 4 rings (SSSR count). The number of benzene rings is 1. The van der Waals surface area contributed by atoms with Crippen LogP contribution in [-0.2, 0) is 11.3 Å². The van der Waals surface area contributed by atoms with Crippen LogP contribution in [0.1, 0.15) is 37.4 Å². The maximum absolute atomic E-state index is 12.6. The van der Waals surface area contributed by atoms with Crippen LogP contribution in [0.5, 0.6) is 0 Å². The first-order chi connectivity index (χ1) is 14.6. The third kappa shape index (κ3) is 5.25. The lowest BCUT2D eigenvalue weighted by Crippen LogP contribution is -2.41. The lowest BCUT2D eigenvalue weighted by atomic mass is 9.96. The number of piperidine rings is 1. The molecule has 0 aliphatic carbocycles. The number of anilines is 2. The van der Waals surface area contributed by atoms with Gasteiger partial charge in [0.15, 0.2) is 0 Å². The number of hydrazine groups is 1. The molecular weight excluding hydrogens is 378 g/mol. The number of hydrogen-bond acceptors (Lipinski definition) is 7. The Morgan fingerprint density at radius 2 is 1.93 bits per heavy atom. The van der Waals surface area contributed by atoms with Crippen molar-refractivity contribution in [2.45, 2.75) is 51.9 Å². The van der Waals surface area contributed by atoms with E-state index in [2.05, 4.69) is 38.3 Å². The van der Waals surface area contributed by atoms with Crippen LogP contribution in [-0.4, -0.2) is 41.2 Å². The number of carbonyl (C=O) groups excluding carboxylic acids is 1. The average Bonchev–Trinajstić information content (AvgIpc) is 3.17. The fourth-order valence-electron chi connectivity index (χ4n) is 4.03. The summed E-state index contributed by atoms with van der Waals surface area (Å²) in [6.07, 6.45) is 2.77. The third-order valence-corrected chi connectivity index (χ3v) is 5.72. The minimum Gasteiger partial charge on any atom is -0.353 e. The molecule has 4 N–H and O–H groups in total. The summed E-state index contributed by atoms with van der Waals surface area (Å²) in [4.78, 5) is 24.1. The molecule has 0 bridgehead atoms. The van der Waals surface area contributed by atoms with Crippen molar-refractivity contribution >= 4 is 17.7 Å². The minimum atomic E-state index is 0.0441. The van der Waals surface area contributed by atoms with E-state index in [4.69, 9.17) is 4.98 Å². The van der Waals surface area contributed by atoms with Gasteiger partial charge in [-0.15, -0.1) is 0 Å². The highest BCUT2D eigenvalue weighted by Gasteiger charge is 2.27. The highest BCUT2D eigenvalue weighted by Crippen LogP contribution is 2.23. The van der Waals surface area contributed by atoms with Crippen LogP contribution in [0, 0.1) is 12.8 Å². The second-order valence-electron chi connectivity index (χ2n) is 8.28. The van der Waals surface area contributed by atoms with E-state index in [9.17, 15) is 4.79 Å². The summed E-state index contributed by atoms with van der Waals surface area (Å²) in [6.45, 7) is 6.28. The zero-order valence-electron chi connectivity index (χ0n) is 17.7. The van der Waals surface area contributed by atoms with Gasteiger partial charge in [0.2, 0.25) is 11.9 Å². The van der Waals surface area contributed by atoms with Gasteiger partial charge < -0.3 is 15.5 Å². The summed E-state index contributed by atoms with van der Waals surface area (Å²) in [6, 6.07) is 12.4. The molecule has 2 atom stereocenters. The molecule has 1 aromatic carbocycles. The van der Waals surface area contributed by atoms with E-state index in [1.54, 1.807) is 0 Å². The van der Waals surface area contributed by atoms with Crippen molar-refractivity contribution < 1.29 is 4.79 Å². The van der Waals surface area contributed by atoms with Crippen LogP contribution < -0.4 is 26.4 Å². The molecule has 8 heteroatoms. The summed E-state index contributed by atoms with van der Waals surface area (Å²) in [5.74, 6) is 1.75. The van der Waals surface area contributed by atoms with E-state index in [1.807, 2.05) is 43.3 Å². The number of hydrogen-bond donors (Lipinski definition) is 4. The Kier molecular flexibility index (Phi) is 6.44. The molecule has 1 amide bonds. The first-order valence-electron chi connectivity index (χ1n) is 10.8. The Bertz CT molecular complexity index is 852. The molecule has 2 saturated heterocycles. The molecule has 2 aromatic rings.